The van der Waals surface area contributed by atoms with Crippen LogP contribution in [-0.2, 0) is 0 Å². The fourth-order valence-corrected chi connectivity index (χ4v) is 3.16. The van der Waals surface area contributed by atoms with Gasteiger partial charge in [0.2, 0.25) is 0 Å². The Morgan fingerprint density at radius 3 is 2.47 bits per heavy atom. The monoisotopic (exact) mass is 260 g/mol. The van der Waals surface area contributed by atoms with Crippen molar-refractivity contribution in [3.63, 3.8) is 0 Å². The molecule has 104 valence electrons. The molecule has 19 heavy (non-hydrogen) atoms. The molecule has 0 aromatic heterocycles. The number of aliphatic hydroxyl groups excluding tert-OH is 1. The maximum atomic E-state index is 10.5. The first kappa shape index (κ1) is 13.0. The fourth-order valence-electron chi connectivity index (χ4n) is 3.16. The van der Waals surface area contributed by atoms with Crippen molar-refractivity contribution in [1.29, 1.82) is 0 Å². The number of rotatable bonds is 4. The number of hydrogen-bond donors (Lipinski definition) is 1. The lowest BCUT2D eigenvalue weighted by atomic mass is 9.78. The lowest BCUT2D eigenvalue weighted by Crippen LogP contribution is -2.20. The first-order chi connectivity index (χ1) is 9.22. The molecular formula is C17H24O2. The van der Waals surface area contributed by atoms with Gasteiger partial charge in [-0.05, 0) is 55.2 Å². The Hall–Kier alpha value is -1.02. The van der Waals surface area contributed by atoms with Crippen LogP contribution in [0.3, 0.4) is 0 Å². The zero-order valence-electron chi connectivity index (χ0n) is 11.7. The summed E-state index contributed by atoms with van der Waals surface area (Å²) in [6.45, 7) is 2.30. The largest absolute Gasteiger partial charge is 0.490 e. The maximum absolute atomic E-state index is 10.5. The van der Waals surface area contributed by atoms with Gasteiger partial charge in [-0.2, -0.15) is 0 Å². The Morgan fingerprint density at radius 1 is 1.11 bits per heavy atom. The summed E-state index contributed by atoms with van der Waals surface area (Å²) in [4.78, 5) is 0. The van der Waals surface area contributed by atoms with Crippen LogP contribution in [0.4, 0.5) is 0 Å². The van der Waals surface area contributed by atoms with Gasteiger partial charge in [0.15, 0.2) is 0 Å². The van der Waals surface area contributed by atoms with Crippen molar-refractivity contribution < 1.29 is 9.84 Å². The van der Waals surface area contributed by atoms with Crippen molar-refractivity contribution in [2.45, 2.75) is 57.7 Å². The van der Waals surface area contributed by atoms with Crippen molar-refractivity contribution >= 4 is 0 Å². The van der Waals surface area contributed by atoms with E-state index in [1.54, 1.807) is 0 Å². The topological polar surface area (TPSA) is 29.5 Å². The predicted octanol–water partition coefficient (Wildman–Crippen LogP) is 4.09. The molecule has 3 rings (SSSR count). The summed E-state index contributed by atoms with van der Waals surface area (Å²) in [7, 11) is 0. The summed E-state index contributed by atoms with van der Waals surface area (Å²) in [6.07, 6.45) is 7.39. The molecule has 1 N–H and O–H groups in total. The van der Waals surface area contributed by atoms with E-state index in [2.05, 4.69) is 6.92 Å². The maximum Gasteiger partial charge on any atom is 0.119 e. The Labute approximate surface area is 115 Å². The molecule has 1 aromatic rings. The average molecular weight is 260 g/mol. The van der Waals surface area contributed by atoms with Crippen molar-refractivity contribution in [1.82, 2.24) is 0 Å². The summed E-state index contributed by atoms with van der Waals surface area (Å²) >= 11 is 0. The van der Waals surface area contributed by atoms with Crippen LogP contribution in [0.15, 0.2) is 24.3 Å². The molecule has 0 spiro atoms. The molecule has 2 nitrogen and oxygen atoms in total. The molecule has 2 saturated carbocycles. The molecule has 2 aliphatic rings. The fraction of sp³-hybridized carbons (Fsp3) is 0.647. The first-order valence-corrected chi connectivity index (χ1v) is 7.67. The Bertz CT molecular complexity index is 408. The van der Waals surface area contributed by atoms with E-state index in [4.69, 9.17) is 4.74 Å². The normalized spacial score (nSPS) is 28.9. The van der Waals surface area contributed by atoms with Gasteiger partial charge >= 0.3 is 0 Å². The Kier molecular flexibility index (Phi) is 3.79. The lowest BCUT2D eigenvalue weighted by molar-refractivity contribution is 0.0713. The minimum atomic E-state index is -0.308. The second-order valence-electron chi connectivity index (χ2n) is 6.36. The predicted molar refractivity (Wildman–Crippen MR) is 76.2 cm³/mol. The quantitative estimate of drug-likeness (QED) is 0.883. The van der Waals surface area contributed by atoms with E-state index in [0.29, 0.717) is 12.0 Å². The zero-order chi connectivity index (χ0) is 13.2. The highest BCUT2D eigenvalue weighted by Crippen LogP contribution is 2.37. The number of benzene rings is 1. The van der Waals surface area contributed by atoms with Crippen LogP contribution in [0.2, 0.25) is 0 Å². The van der Waals surface area contributed by atoms with Gasteiger partial charge in [0.1, 0.15) is 5.75 Å². The molecule has 0 bridgehead atoms. The van der Waals surface area contributed by atoms with Crippen molar-refractivity contribution in [2.75, 3.05) is 0 Å². The second kappa shape index (κ2) is 5.54. The second-order valence-corrected chi connectivity index (χ2v) is 6.36. The summed E-state index contributed by atoms with van der Waals surface area (Å²) in [6, 6.07) is 8.07. The molecule has 0 saturated heterocycles. The van der Waals surface area contributed by atoms with E-state index in [1.807, 2.05) is 24.3 Å². The van der Waals surface area contributed by atoms with Crippen LogP contribution in [0, 0.1) is 11.8 Å². The smallest absolute Gasteiger partial charge is 0.119 e. The SMILES string of the molecule is CC1CCCC(C(O)c2ccc(OC3CC3)cc2)C1. The minimum absolute atomic E-state index is 0.308. The third kappa shape index (κ3) is 3.30. The summed E-state index contributed by atoms with van der Waals surface area (Å²) < 4.78 is 5.74. The highest BCUT2D eigenvalue weighted by atomic mass is 16.5. The van der Waals surface area contributed by atoms with E-state index in [0.717, 1.165) is 30.1 Å². The van der Waals surface area contributed by atoms with Gasteiger partial charge in [0.25, 0.3) is 0 Å². The Morgan fingerprint density at radius 2 is 1.84 bits per heavy atom. The number of ether oxygens (including phenoxy) is 1. The van der Waals surface area contributed by atoms with Gasteiger partial charge in [0.05, 0.1) is 12.2 Å². The first-order valence-electron chi connectivity index (χ1n) is 7.67. The van der Waals surface area contributed by atoms with Crippen molar-refractivity contribution in [3.8, 4) is 5.75 Å². The van der Waals surface area contributed by atoms with Crippen LogP contribution >= 0.6 is 0 Å². The van der Waals surface area contributed by atoms with E-state index in [-0.39, 0.29) is 6.10 Å². The zero-order valence-corrected chi connectivity index (χ0v) is 11.7. The summed E-state index contributed by atoms with van der Waals surface area (Å²) in [5, 5.41) is 10.5. The van der Waals surface area contributed by atoms with Crippen LogP contribution in [0.25, 0.3) is 0 Å². The highest BCUT2D eigenvalue weighted by Gasteiger charge is 2.27. The van der Waals surface area contributed by atoms with E-state index in [9.17, 15) is 5.11 Å². The molecule has 0 radical (unpaired) electrons. The van der Waals surface area contributed by atoms with Crippen molar-refractivity contribution in [2.24, 2.45) is 11.8 Å². The van der Waals surface area contributed by atoms with Gasteiger partial charge in [-0.1, -0.05) is 31.9 Å². The summed E-state index contributed by atoms with van der Waals surface area (Å²) in [5.74, 6) is 2.13. The van der Waals surface area contributed by atoms with E-state index >= 15 is 0 Å². The molecule has 2 fully saturated rings. The third-order valence-corrected chi connectivity index (χ3v) is 4.47. The van der Waals surface area contributed by atoms with Crippen molar-refractivity contribution in [3.05, 3.63) is 29.8 Å². The van der Waals surface area contributed by atoms with Crippen LogP contribution < -0.4 is 4.74 Å². The number of hydrogen-bond acceptors (Lipinski definition) is 2. The molecule has 1 aromatic carbocycles. The van der Waals surface area contributed by atoms with Gasteiger partial charge in [-0.25, -0.2) is 0 Å². The van der Waals surface area contributed by atoms with Crippen LogP contribution in [0.1, 0.15) is 57.1 Å². The van der Waals surface area contributed by atoms with Gasteiger partial charge in [0, 0.05) is 0 Å². The molecule has 3 unspecified atom stereocenters. The minimum Gasteiger partial charge on any atom is -0.490 e. The van der Waals surface area contributed by atoms with Crippen LogP contribution in [0.5, 0.6) is 5.75 Å². The standard InChI is InChI=1S/C17H24O2/c1-12-3-2-4-14(11-12)17(18)13-5-7-15(8-6-13)19-16-9-10-16/h5-8,12,14,16-18H,2-4,9-11H2,1H3. The molecule has 2 aliphatic carbocycles. The van der Waals surface area contributed by atoms with Gasteiger partial charge < -0.3 is 9.84 Å². The Balaban J connectivity index is 1.63. The average Bonchev–Trinajstić information content (AvgIpc) is 3.23. The third-order valence-electron chi connectivity index (χ3n) is 4.47. The van der Waals surface area contributed by atoms with Gasteiger partial charge in [-0.15, -0.1) is 0 Å². The summed E-state index contributed by atoms with van der Waals surface area (Å²) in [5.41, 5.74) is 1.04. The lowest BCUT2D eigenvalue weighted by Gasteiger charge is -2.30. The molecule has 0 heterocycles. The number of aliphatic hydroxyl groups is 1. The molecular weight excluding hydrogens is 236 g/mol. The van der Waals surface area contributed by atoms with Crippen LogP contribution in [-0.4, -0.2) is 11.2 Å². The molecule has 0 amide bonds. The van der Waals surface area contributed by atoms with E-state index in [1.165, 1.54) is 25.7 Å². The highest BCUT2D eigenvalue weighted by molar-refractivity contribution is 5.29. The van der Waals surface area contributed by atoms with Gasteiger partial charge in [-0.3, -0.25) is 0 Å². The van der Waals surface area contributed by atoms with E-state index < -0.39 is 0 Å². The molecule has 2 heteroatoms. The molecule has 0 aliphatic heterocycles. The molecule has 3 atom stereocenters.